The maximum atomic E-state index is 11.7. The topological polar surface area (TPSA) is 64.3 Å². The molecule has 4 heteroatoms. The molecular formula is C18H20N2O2. The van der Waals surface area contributed by atoms with Crippen LogP contribution in [0.3, 0.4) is 0 Å². The summed E-state index contributed by atoms with van der Waals surface area (Å²) in [6.07, 6.45) is 0.375. The molecule has 0 heterocycles. The number of carbonyl (C=O) groups excluding carboxylic acids is 1. The van der Waals surface area contributed by atoms with E-state index in [1.807, 2.05) is 24.3 Å². The highest BCUT2D eigenvalue weighted by molar-refractivity contribution is 5.79. The van der Waals surface area contributed by atoms with Gasteiger partial charge in [0.25, 0.3) is 0 Å². The van der Waals surface area contributed by atoms with Crippen molar-refractivity contribution in [2.45, 2.75) is 12.3 Å². The van der Waals surface area contributed by atoms with Crippen LogP contribution in [-0.2, 0) is 4.74 Å². The number of hydrogen-bond donors (Lipinski definition) is 2. The third-order valence-electron chi connectivity index (χ3n) is 3.99. The largest absolute Gasteiger partial charge is 0.449 e. The van der Waals surface area contributed by atoms with Crippen molar-refractivity contribution in [3.05, 3.63) is 59.7 Å². The second kappa shape index (κ2) is 6.62. The molecule has 3 N–H and O–H groups in total. The zero-order valence-corrected chi connectivity index (χ0v) is 12.4. The van der Waals surface area contributed by atoms with E-state index in [0.717, 1.165) is 6.42 Å². The number of benzene rings is 2. The first-order chi connectivity index (χ1) is 10.8. The molecule has 0 saturated heterocycles. The van der Waals surface area contributed by atoms with E-state index in [4.69, 9.17) is 10.5 Å². The molecule has 1 aliphatic carbocycles. The molecule has 114 valence electrons. The van der Waals surface area contributed by atoms with E-state index < -0.39 is 0 Å². The lowest BCUT2D eigenvalue weighted by atomic mass is 9.98. The lowest BCUT2D eigenvalue weighted by molar-refractivity contribution is 0.143. The first-order valence-electron chi connectivity index (χ1n) is 7.60. The average molecular weight is 296 g/mol. The molecule has 0 bridgehead atoms. The lowest BCUT2D eigenvalue weighted by Crippen LogP contribution is -2.28. The van der Waals surface area contributed by atoms with E-state index in [1.165, 1.54) is 22.3 Å². The van der Waals surface area contributed by atoms with Gasteiger partial charge >= 0.3 is 6.09 Å². The minimum atomic E-state index is -0.379. The van der Waals surface area contributed by atoms with Crippen molar-refractivity contribution in [2.24, 2.45) is 5.73 Å². The molecule has 1 aliphatic rings. The van der Waals surface area contributed by atoms with Crippen LogP contribution in [0.2, 0.25) is 0 Å². The Morgan fingerprint density at radius 3 is 2.23 bits per heavy atom. The molecule has 0 saturated carbocycles. The molecule has 0 spiro atoms. The van der Waals surface area contributed by atoms with E-state index in [1.54, 1.807) is 0 Å². The Morgan fingerprint density at radius 1 is 1.05 bits per heavy atom. The molecule has 0 radical (unpaired) electrons. The van der Waals surface area contributed by atoms with E-state index in [2.05, 4.69) is 29.6 Å². The molecule has 1 amide bonds. The zero-order valence-electron chi connectivity index (χ0n) is 12.4. The fourth-order valence-electron chi connectivity index (χ4n) is 2.94. The van der Waals surface area contributed by atoms with Crippen LogP contribution in [0.15, 0.2) is 48.5 Å². The average Bonchev–Trinajstić information content (AvgIpc) is 2.87. The first-order valence-corrected chi connectivity index (χ1v) is 7.60. The normalized spacial score (nSPS) is 12.6. The Balaban J connectivity index is 1.73. The quantitative estimate of drug-likeness (QED) is 0.834. The van der Waals surface area contributed by atoms with Crippen molar-refractivity contribution < 1.29 is 9.53 Å². The maximum absolute atomic E-state index is 11.7. The minimum absolute atomic E-state index is 0.104. The molecule has 0 atom stereocenters. The SMILES string of the molecule is NCCCNC(=O)OCC1c2ccccc2-c2ccccc21. The minimum Gasteiger partial charge on any atom is -0.449 e. The van der Waals surface area contributed by atoms with Crippen molar-refractivity contribution >= 4 is 6.09 Å². The van der Waals surface area contributed by atoms with E-state index >= 15 is 0 Å². The third-order valence-corrected chi connectivity index (χ3v) is 3.99. The number of rotatable bonds is 5. The number of carbonyl (C=O) groups is 1. The Hall–Kier alpha value is -2.33. The maximum Gasteiger partial charge on any atom is 0.407 e. The number of fused-ring (bicyclic) bond motifs is 3. The summed E-state index contributed by atoms with van der Waals surface area (Å²) in [5.74, 6) is 0.104. The van der Waals surface area contributed by atoms with Crippen molar-refractivity contribution in [3.8, 4) is 11.1 Å². The van der Waals surface area contributed by atoms with Crippen molar-refractivity contribution in [2.75, 3.05) is 19.7 Å². The second-order valence-corrected chi connectivity index (χ2v) is 5.39. The Morgan fingerprint density at radius 2 is 1.64 bits per heavy atom. The molecule has 0 aliphatic heterocycles. The van der Waals surface area contributed by atoms with Gasteiger partial charge in [0, 0.05) is 12.5 Å². The summed E-state index contributed by atoms with van der Waals surface area (Å²) in [5.41, 5.74) is 10.3. The number of hydrogen-bond acceptors (Lipinski definition) is 3. The summed E-state index contributed by atoms with van der Waals surface area (Å²) in [6.45, 7) is 1.46. The monoisotopic (exact) mass is 296 g/mol. The van der Waals surface area contributed by atoms with E-state index in [9.17, 15) is 4.79 Å². The predicted octanol–water partition coefficient (Wildman–Crippen LogP) is 2.87. The molecule has 22 heavy (non-hydrogen) atoms. The van der Waals surface area contributed by atoms with Crippen LogP contribution in [0.25, 0.3) is 11.1 Å². The Kier molecular flexibility index (Phi) is 4.39. The first kappa shape index (κ1) is 14.6. The Labute approximate surface area is 130 Å². The lowest BCUT2D eigenvalue weighted by Gasteiger charge is -2.14. The van der Waals surface area contributed by atoms with Gasteiger partial charge in [-0.1, -0.05) is 48.5 Å². The van der Waals surface area contributed by atoms with Gasteiger partial charge in [-0.3, -0.25) is 0 Å². The van der Waals surface area contributed by atoms with E-state index in [0.29, 0.717) is 19.7 Å². The summed E-state index contributed by atoms with van der Waals surface area (Å²) in [7, 11) is 0. The number of alkyl carbamates (subject to hydrolysis) is 1. The van der Waals surface area contributed by atoms with Crippen molar-refractivity contribution in [1.82, 2.24) is 5.32 Å². The third kappa shape index (κ3) is 2.83. The molecule has 3 rings (SSSR count). The summed E-state index contributed by atoms with van der Waals surface area (Å²) in [4.78, 5) is 11.7. The molecule has 4 nitrogen and oxygen atoms in total. The Bertz CT molecular complexity index is 624. The van der Waals surface area contributed by atoms with Gasteiger partial charge in [0.05, 0.1) is 0 Å². The smallest absolute Gasteiger partial charge is 0.407 e. The highest BCUT2D eigenvalue weighted by atomic mass is 16.5. The van der Waals surface area contributed by atoms with Gasteiger partial charge in [0.2, 0.25) is 0 Å². The number of nitrogens with two attached hydrogens (primary N) is 1. The summed E-state index contributed by atoms with van der Waals surface area (Å²) < 4.78 is 5.40. The van der Waals surface area contributed by atoms with Crippen LogP contribution < -0.4 is 11.1 Å². The van der Waals surface area contributed by atoms with Crippen LogP contribution in [0.5, 0.6) is 0 Å². The fourth-order valence-corrected chi connectivity index (χ4v) is 2.94. The summed E-state index contributed by atoms with van der Waals surface area (Å²) in [6, 6.07) is 16.6. The van der Waals surface area contributed by atoms with Crippen LogP contribution in [-0.4, -0.2) is 25.8 Å². The van der Waals surface area contributed by atoms with Gasteiger partial charge in [0.1, 0.15) is 6.61 Å². The van der Waals surface area contributed by atoms with Crippen LogP contribution >= 0.6 is 0 Å². The predicted molar refractivity (Wildman–Crippen MR) is 86.7 cm³/mol. The molecule has 2 aromatic rings. The van der Waals surface area contributed by atoms with Gasteiger partial charge in [0.15, 0.2) is 0 Å². The standard InChI is InChI=1S/C18H20N2O2/c19-10-5-11-20-18(21)22-12-17-15-8-3-1-6-13(15)14-7-2-4-9-16(14)17/h1-4,6-9,17H,5,10-12,19H2,(H,20,21). The highest BCUT2D eigenvalue weighted by Crippen LogP contribution is 2.44. The summed E-state index contributed by atoms with van der Waals surface area (Å²) in [5, 5.41) is 2.71. The van der Waals surface area contributed by atoms with Gasteiger partial charge in [-0.25, -0.2) is 4.79 Å². The van der Waals surface area contributed by atoms with Gasteiger partial charge in [-0.15, -0.1) is 0 Å². The van der Waals surface area contributed by atoms with Crippen LogP contribution in [0, 0.1) is 0 Å². The van der Waals surface area contributed by atoms with Crippen LogP contribution in [0.4, 0.5) is 4.79 Å². The van der Waals surface area contributed by atoms with Crippen molar-refractivity contribution in [1.29, 1.82) is 0 Å². The second-order valence-electron chi connectivity index (χ2n) is 5.39. The van der Waals surface area contributed by atoms with Gasteiger partial charge < -0.3 is 15.8 Å². The number of ether oxygens (including phenoxy) is 1. The van der Waals surface area contributed by atoms with Gasteiger partial charge in [-0.05, 0) is 35.2 Å². The molecule has 2 aromatic carbocycles. The molecular weight excluding hydrogens is 276 g/mol. The highest BCUT2D eigenvalue weighted by Gasteiger charge is 2.28. The summed E-state index contributed by atoms with van der Waals surface area (Å²) >= 11 is 0. The molecule has 0 unspecified atom stereocenters. The molecule has 0 fully saturated rings. The number of amides is 1. The molecule has 0 aromatic heterocycles. The van der Waals surface area contributed by atoms with Crippen LogP contribution in [0.1, 0.15) is 23.5 Å². The zero-order chi connectivity index (χ0) is 15.4. The van der Waals surface area contributed by atoms with Gasteiger partial charge in [-0.2, -0.15) is 0 Å². The number of nitrogens with one attached hydrogen (secondary N) is 1. The van der Waals surface area contributed by atoms with E-state index in [-0.39, 0.29) is 12.0 Å². The van der Waals surface area contributed by atoms with Crippen molar-refractivity contribution in [3.63, 3.8) is 0 Å². The fraction of sp³-hybridized carbons (Fsp3) is 0.278.